The van der Waals surface area contributed by atoms with E-state index in [1.165, 1.54) is 0 Å². The number of carbonyl (C=O) groups excluding carboxylic acids is 2. The third-order valence-corrected chi connectivity index (χ3v) is 5.90. The number of carbonyl (C=O) groups is 2. The van der Waals surface area contributed by atoms with E-state index < -0.39 is 11.8 Å². The molecule has 3 rings (SSSR count). The lowest BCUT2D eigenvalue weighted by Gasteiger charge is -2.39. The van der Waals surface area contributed by atoms with E-state index in [2.05, 4.69) is 32.3 Å². The first-order valence-corrected chi connectivity index (χ1v) is 11.2. The van der Waals surface area contributed by atoms with Crippen molar-refractivity contribution in [2.24, 2.45) is 0 Å². The number of nitrogens with one attached hydrogen (secondary N) is 2. The maximum absolute atomic E-state index is 12.4. The molecule has 1 aliphatic rings. The second kappa shape index (κ2) is 12.2. The van der Waals surface area contributed by atoms with Crippen molar-refractivity contribution in [2.75, 3.05) is 52.9 Å². The van der Waals surface area contributed by atoms with E-state index in [1.54, 1.807) is 13.3 Å². The first kappa shape index (κ1) is 23.7. The van der Waals surface area contributed by atoms with Crippen molar-refractivity contribution in [3.05, 3.63) is 59.9 Å². The monoisotopic (exact) mass is 439 g/mol. The Morgan fingerprint density at radius 2 is 1.81 bits per heavy atom. The molecule has 1 aromatic carbocycles. The van der Waals surface area contributed by atoms with Gasteiger partial charge in [-0.2, -0.15) is 0 Å². The Kier molecular flexibility index (Phi) is 9.01. The molecular weight excluding hydrogens is 406 g/mol. The number of hydrogen-bond acceptors (Lipinski definition) is 6. The summed E-state index contributed by atoms with van der Waals surface area (Å²) in [6, 6.07) is 11.5. The lowest BCUT2D eigenvalue weighted by molar-refractivity contribution is -0.139. The molecule has 0 aliphatic carbocycles. The van der Waals surface area contributed by atoms with Gasteiger partial charge >= 0.3 is 11.8 Å². The standard InChI is InChI=1S/C24H33N5O3/c1-3-28-13-15-29(16-14-28)21(20-8-6-11-25-17-20)18-27-24(31)23(30)26-12-10-19-7-4-5-9-22(19)32-2/h4-9,11,17,21H,3,10,12-16,18H2,1-2H3,(H,26,30)(H,27,31)/t21-/m1/s1. The molecule has 1 aliphatic heterocycles. The first-order valence-electron chi connectivity index (χ1n) is 11.2. The number of aromatic nitrogens is 1. The van der Waals surface area contributed by atoms with Gasteiger partial charge in [0.1, 0.15) is 5.75 Å². The number of benzene rings is 1. The number of amides is 2. The number of para-hydroxylation sites is 1. The molecule has 1 atom stereocenters. The van der Waals surface area contributed by atoms with Crippen LogP contribution in [0.15, 0.2) is 48.8 Å². The fourth-order valence-electron chi connectivity index (χ4n) is 3.99. The number of piperazine rings is 1. The Bertz CT molecular complexity index is 869. The predicted octanol–water partition coefficient (Wildman–Crippen LogP) is 1.24. The highest BCUT2D eigenvalue weighted by atomic mass is 16.5. The minimum absolute atomic E-state index is 0.0203. The number of nitrogens with zero attached hydrogens (tertiary/aromatic N) is 3. The smallest absolute Gasteiger partial charge is 0.309 e. The van der Waals surface area contributed by atoms with Crippen LogP contribution in [-0.2, 0) is 16.0 Å². The van der Waals surface area contributed by atoms with Crippen LogP contribution in [0.5, 0.6) is 5.75 Å². The highest BCUT2D eigenvalue weighted by Crippen LogP contribution is 2.21. The van der Waals surface area contributed by atoms with Gasteiger partial charge < -0.3 is 20.3 Å². The highest BCUT2D eigenvalue weighted by molar-refractivity contribution is 6.35. The maximum Gasteiger partial charge on any atom is 0.309 e. The number of rotatable bonds is 9. The highest BCUT2D eigenvalue weighted by Gasteiger charge is 2.26. The summed E-state index contributed by atoms with van der Waals surface area (Å²) in [7, 11) is 1.62. The molecule has 2 heterocycles. The van der Waals surface area contributed by atoms with Gasteiger partial charge in [-0.1, -0.05) is 31.2 Å². The summed E-state index contributed by atoms with van der Waals surface area (Å²) in [4.78, 5) is 33.7. The van der Waals surface area contributed by atoms with E-state index in [4.69, 9.17) is 4.74 Å². The van der Waals surface area contributed by atoms with Crippen molar-refractivity contribution in [3.63, 3.8) is 0 Å². The fraction of sp³-hybridized carbons (Fsp3) is 0.458. The minimum Gasteiger partial charge on any atom is -0.496 e. The van der Waals surface area contributed by atoms with E-state index in [0.717, 1.165) is 49.6 Å². The average Bonchev–Trinajstić information content (AvgIpc) is 2.85. The molecular formula is C24H33N5O3. The van der Waals surface area contributed by atoms with Gasteiger partial charge in [-0.05, 0) is 36.2 Å². The molecule has 2 N–H and O–H groups in total. The average molecular weight is 440 g/mol. The molecule has 2 amide bonds. The topological polar surface area (TPSA) is 86.8 Å². The van der Waals surface area contributed by atoms with Crippen molar-refractivity contribution < 1.29 is 14.3 Å². The molecule has 0 bridgehead atoms. The summed E-state index contributed by atoms with van der Waals surface area (Å²) in [6.07, 6.45) is 4.16. The summed E-state index contributed by atoms with van der Waals surface area (Å²) in [5.41, 5.74) is 2.02. The second-order valence-electron chi connectivity index (χ2n) is 7.80. The van der Waals surface area contributed by atoms with Gasteiger partial charge in [0.2, 0.25) is 0 Å². The largest absolute Gasteiger partial charge is 0.496 e. The molecule has 32 heavy (non-hydrogen) atoms. The van der Waals surface area contributed by atoms with E-state index >= 15 is 0 Å². The molecule has 0 spiro atoms. The molecule has 0 saturated carbocycles. The van der Waals surface area contributed by atoms with Gasteiger partial charge in [-0.25, -0.2) is 0 Å². The zero-order chi connectivity index (χ0) is 22.8. The van der Waals surface area contributed by atoms with Gasteiger partial charge in [0.15, 0.2) is 0 Å². The Labute approximate surface area is 190 Å². The van der Waals surface area contributed by atoms with Crippen molar-refractivity contribution in [3.8, 4) is 5.75 Å². The number of pyridine rings is 1. The van der Waals surface area contributed by atoms with E-state index in [1.807, 2.05) is 42.6 Å². The molecule has 2 aromatic rings. The van der Waals surface area contributed by atoms with E-state index in [-0.39, 0.29) is 6.04 Å². The Hall–Kier alpha value is -2.97. The van der Waals surface area contributed by atoms with Crippen LogP contribution in [0, 0.1) is 0 Å². The molecule has 1 fully saturated rings. The normalized spacial score (nSPS) is 15.7. The fourth-order valence-corrected chi connectivity index (χ4v) is 3.99. The van der Waals surface area contributed by atoms with Crippen molar-refractivity contribution in [1.82, 2.24) is 25.4 Å². The van der Waals surface area contributed by atoms with Crippen LogP contribution < -0.4 is 15.4 Å². The summed E-state index contributed by atoms with van der Waals surface area (Å²) in [6.45, 7) is 7.73. The number of hydrogen-bond donors (Lipinski definition) is 2. The first-order chi connectivity index (χ1) is 15.6. The molecule has 172 valence electrons. The van der Waals surface area contributed by atoms with Gasteiger partial charge in [-0.15, -0.1) is 0 Å². The van der Waals surface area contributed by atoms with Crippen LogP contribution in [0.4, 0.5) is 0 Å². The zero-order valence-corrected chi connectivity index (χ0v) is 18.9. The van der Waals surface area contributed by atoms with Crippen LogP contribution in [-0.4, -0.2) is 79.5 Å². The number of likely N-dealkylation sites (N-methyl/N-ethyl adjacent to an activating group) is 1. The zero-order valence-electron chi connectivity index (χ0n) is 18.9. The predicted molar refractivity (Wildman–Crippen MR) is 123 cm³/mol. The summed E-state index contributed by atoms with van der Waals surface area (Å²) in [5.74, 6) is -0.472. The van der Waals surface area contributed by atoms with Crippen LogP contribution in [0.25, 0.3) is 0 Å². The van der Waals surface area contributed by atoms with Crippen LogP contribution >= 0.6 is 0 Å². The third kappa shape index (κ3) is 6.51. The SMILES string of the molecule is CCN1CCN([C@H](CNC(=O)C(=O)NCCc2ccccc2OC)c2cccnc2)CC1. The quantitative estimate of drug-likeness (QED) is 0.572. The Morgan fingerprint density at radius 3 is 2.50 bits per heavy atom. The lowest BCUT2D eigenvalue weighted by atomic mass is 10.1. The van der Waals surface area contributed by atoms with Gasteiger partial charge in [0, 0.05) is 51.7 Å². The number of methoxy groups -OCH3 is 1. The summed E-state index contributed by atoms with van der Waals surface area (Å²) < 4.78 is 5.32. The molecule has 8 nitrogen and oxygen atoms in total. The van der Waals surface area contributed by atoms with Gasteiger partial charge in [0.05, 0.1) is 13.2 Å². The van der Waals surface area contributed by atoms with Crippen molar-refractivity contribution in [2.45, 2.75) is 19.4 Å². The van der Waals surface area contributed by atoms with Crippen LogP contribution in [0.1, 0.15) is 24.1 Å². The van der Waals surface area contributed by atoms with Crippen LogP contribution in [0.3, 0.4) is 0 Å². The molecule has 8 heteroatoms. The van der Waals surface area contributed by atoms with E-state index in [0.29, 0.717) is 19.5 Å². The Balaban J connectivity index is 1.52. The maximum atomic E-state index is 12.4. The van der Waals surface area contributed by atoms with Crippen LogP contribution in [0.2, 0.25) is 0 Å². The van der Waals surface area contributed by atoms with E-state index in [9.17, 15) is 9.59 Å². The third-order valence-electron chi connectivity index (χ3n) is 5.90. The van der Waals surface area contributed by atoms with Gasteiger partial charge in [0.25, 0.3) is 0 Å². The van der Waals surface area contributed by atoms with Gasteiger partial charge in [-0.3, -0.25) is 19.5 Å². The van der Waals surface area contributed by atoms with Crippen molar-refractivity contribution in [1.29, 1.82) is 0 Å². The minimum atomic E-state index is -0.624. The Morgan fingerprint density at radius 1 is 1.06 bits per heavy atom. The molecule has 1 saturated heterocycles. The second-order valence-corrected chi connectivity index (χ2v) is 7.80. The summed E-state index contributed by atoms with van der Waals surface area (Å²) >= 11 is 0. The molecule has 1 aromatic heterocycles. The lowest BCUT2D eigenvalue weighted by Crippen LogP contribution is -2.50. The number of ether oxygens (including phenoxy) is 1. The molecule has 0 unspecified atom stereocenters. The molecule has 0 radical (unpaired) electrons. The van der Waals surface area contributed by atoms with Crippen molar-refractivity contribution >= 4 is 11.8 Å². The summed E-state index contributed by atoms with van der Waals surface area (Å²) in [5, 5.41) is 5.52.